The predicted molar refractivity (Wildman–Crippen MR) is 91.0 cm³/mol. The minimum Gasteiger partial charge on any atom is -0.383 e. The van der Waals surface area contributed by atoms with Crippen molar-refractivity contribution in [3.8, 4) is 33.5 Å². The summed E-state index contributed by atoms with van der Waals surface area (Å²) in [6.45, 7) is 0.151. The van der Waals surface area contributed by atoms with Crippen molar-refractivity contribution < 1.29 is 4.84 Å². The molecule has 112 valence electrons. The van der Waals surface area contributed by atoms with Gasteiger partial charge in [-0.25, -0.2) is 4.98 Å². The Balaban J connectivity index is 1.81. The summed E-state index contributed by atoms with van der Waals surface area (Å²) in [5.74, 6) is 2.35. The fourth-order valence-electron chi connectivity index (χ4n) is 1.85. The molecule has 0 aliphatic rings. The topological polar surface area (TPSA) is 60.3 Å². The molecule has 0 saturated carbocycles. The van der Waals surface area contributed by atoms with Crippen molar-refractivity contribution in [1.82, 2.24) is 15.0 Å². The Labute approximate surface area is 137 Å². The Bertz CT molecular complexity index is 852. The van der Waals surface area contributed by atoms with Gasteiger partial charge in [-0.3, -0.25) is 9.97 Å². The molecule has 0 amide bonds. The number of terminal acetylenes is 1. The summed E-state index contributed by atoms with van der Waals surface area (Å²) in [5.41, 5.74) is 2.70. The number of hydrogen-bond acceptors (Lipinski definition) is 6. The molecule has 0 aliphatic carbocycles. The summed E-state index contributed by atoms with van der Waals surface area (Å²) in [6.07, 6.45) is 13.8. The molecule has 6 heteroatoms. The Kier molecular flexibility index (Phi) is 4.72. The lowest BCUT2D eigenvalue weighted by atomic mass is 10.2. The molecule has 0 unspecified atom stereocenters. The van der Waals surface area contributed by atoms with Crippen molar-refractivity contribution in [2.45, 2.75) is 0 Å². The van der Waals surface area contributed by atoms with Gasteiger partial charge in [-0.2, -0.15) is 0 Å². The van der Waals surface area contributed by atoms with E-state index in [-0.39, 0.29) is 6.61 Å². The largest absolute Gasteiger partial charge is 0.383 e. The summed E-state index contributed by atoms with van der Waals surface area (Å²) < 4.78 is 0. The molecule has 3 heterocycles. The van der Waals surface area contributed by atoms with E-state index in [1.54, 1.807) is 36.1 Å². The van der Waals surface area contributed by atoms with Crippen LogP contribution in [0.25, 0.3) is 21.1 Å². The van der Waals surface area contributed by atoms with Crippen LogP contribution >= 0.6 is 11.3 Å². The first-order valence-electron chi connectivity index (χ1n) is 6.78. The highest BCUT2D eigenvalue weighted by atomic mass is 32.1. The number of thiazole rings is 1. The van der Waals surface area contributed by atoms with Crippen molar-refractivity contribution >= 4 is 17.6 Å². The van der Waals surface area contributed by atoms with Crippen LogP contribution in [0.1, 0.15) is 5.56 Å². The summed E-state index contributed by atoms with van der Waals surface area (Å²) in [4.78, 5) is 18.8. The first-order chi connectivity index (χ1) is 11.4. The first-order valence-corrected chi connectivity index (χ1v) is 7.60. The summed E-state index contributed by atoms with van der Waals surface area (Å²) in [5, 5.41) is 4.71. The molecule has 0 atom stereocenters. The Morgan fingerprint density at radius 3 is 3.04 bits per heavy atom. The Hall–Kier alpha value is -3.04. The van der Waals surface area contributed by atoms with E-state index in [2.05, 4.69) is 26.0 Å². The minimum atomic E-state index is 0.151. The molecule has 3 aromatic heterocycles. The van der Waals surface area contributed by atoms with Crippen molar-refractivity contribution in [2.75, 3.05) is 6.61 Å². The van der Waals surface area contributed by atoms with Gasteiger partial charge < -0.3 is 4.84 Å². The van der Waals surface area contributed by atoms with Crippen LogP contribution < -0.4 is 0 Å². The average molecular weight is 320 g/mol. The van der Waals surface area contributed by atoms with Crippen LogP contribution in [0, 0.1) is 12.3 Å². The molecule has 0 spiro atoms. The number of hydrogen-bond donors (Lipinski definition) is 0. The fraction of sp³-hybridized carbons (Fsp3) is 0.0588. The second kappa shape index (κ2) is 7.29. The van der Waals surface area contributed by atoms with E-state index < -0.39 is 0 Å². The molecule has 3 aromatic rings. The highest BCUT2D eigenvalue weighted by Gasteiger charge is 2.08. The van der Waals surface area contributed by atoms with Gasteiger partial charge >= 0.3 is 0 Å². The van der Waals surface area contributed by atoms with Crippen molar-refractivity contribution in [3.05, 3.63) is 54.6 Å². The maximum atomic E-state index is 5.09. The third-order valence-electron chi connectivity index (χ3n) is 2.87. The van der Waals surface area contributed by atoms with Crippen molar-refractivity contribution in [1.29, 1.82) is 0 Å². The van der Waals surface area contributed by atoms with E-state index in [1.807, 2.05) is 30.5 Å². The lowest BCUT2D eigenvalue weighted by Crippen LogP contribution is -1.88. The monoisotopic (exact) mass is 320 g/mol. The zero-order valence-electron chi connectivity index (χ0n) is 12.1. The third kappa shape index (κ3) is 3.78. The molecule has 0 aliphatic heterocycles. The molecule has 23 heavy (non-hydrogen) atoms. The Morgan fingerprint density at radius 2 is 2.22 bits per heavy atom. The number of aromatic nitrogens is 3. The molecule has 5 nitrogen and oxygen atoms in total. The normalized spacial score (nSPS) is 10.6. The van der Waals surface area contributed by atoms with Crippen LogP contribution in [0.5, 0.6) is 0 Å². The summed E-state index contributed by atoms with van der Waals surface area (Å²) in [6, 6.07) is 7.63. The van der Waals surface area contributed by atoms with E-state index in [9.17, 15) is 0 Å². The number of oxime groups is 1. The second-order valence-corrected chi connectivity index (χ2v) is 5.49. The van der Waals surface area contributed by atoms with E-state index in [1.165, 1.54) is 0 Å². The van der Waals surface area contributed by atoms with Gasteiger partial charge in [0.25, 0.3) is 0 Å². The van der Waals surface area contributed by atoms with Gasteiger partial charge in [-0.1, -0.05) is 11.1 Å². The standard InChI is InChI=1S/C17H12N4OS/c1-2-8-22-21-10-13-5-7-19-15(9-13)16-12-20-17(23-16)14-4-3-6-18-11-14/h1,3-7,9-12H,8H2/b21-10+. The number of pyridine rings is 2. The van der Waals surface area contributed by atoms with Gasteiger partial charge in [0.1, 0.15) is 5.01 Å². The Morgan fingerprint density at radius 1 is 1.26 bits per heavy atom. The highest BCUT2D eigenvalue weighted by molar-refractivity contribution is 7.18. The molecule has 0 bridgehead atoms. The van der Waals surface area contributed by atoms with E-state index in [0.717, 1.165) is 26.7 Å². The molecule has 0 fully saturated rings. The second-order valence-electron chi connectivity index (χ2n) is 4.46. The molecule has 0 N–H and O–H groups in total. The molecule has 0 radical (unpaired) electrons. The van der Waals surface area contributed by atoms with Gasteiger partial charge in [0.05, 0.1) is 16.8 Å². The summed E-state index contributed by atoms with van der Waals surface area (Å²) >= 11 is 1.56. The van der Waals surface area contributed by atoms with Gasteiger partial charge in [0.15, 0.2) is 6.61 Å². The van der Waals surface area contributed by atoms with Crippen LogP contribution in [-0.2, 0) is 4.84 Å². The molecular formula is C17H12N4OS. The number of nitrogens with zero attached hydrogens (tertiary/aromatic N) is 4. The minimum absolute atomic E-state index is 0.151. The van der Waals surface area contributed by atoms with E-state index in [0.29, 0.717) is 0 Å². The predicted octanol–water partition coefficient (Wildman–Crippen LogP) is 3.25. The van der Waals surface area contributed by atoms with Gasteiger partial charge in [-0.15, -0.1) is 17.8 Å². The van der Waals surface area contributed by atoms with Gasteiger partial charge in [-0.05, 0) is 29.8 Å². The SMILES string of the molecule is C#CCO/N=C/c1ccnc(-c2cnc(-c3cccnc3)s2)c1. The zero-order chi connectivity index (χ0) is 15.9. The van der Waals surface area contributed by atoms with Crippen LogP contribution in [0.2, 0.25) is 0 Å². The van der Waals surface area contributed by atoms with Gasteiger partial charge in [0.2, 0.25) is 0 Å². The van der Waals surface area contributed by atoms with Crippen LogP contribution in [0.4, 0.5) is 0 Å². The molecule has 0 saturated heterocycles. The van der Waals surface area contributed by atoms with E-state index in [4.69, 9.17) is 11.3 Å². The lowest BCUT2D eigenvalue weighted by molar-refractivity contribution is 0.181. The van der Waals surface area contributed by atoms with Crippen LogP contribution in [0.3, 0.4) is 0 Å². The summed E-state index contributed by atoms with van der Waals surface area (Å²) in [7, 11) is 0. The first kappa shape index (κ1) is 14.9. The maximum Gasteiger partial charge on any atom is 0.177 e. The maximum absolute atomic E-state index is 5.09. The van der Waals surface area contributed by atoms with Crippen molar-refractivity contribution in [2.24, 2.45) is 5.16 Å². The quantitative estimate of drug-likeness (QED) is 0.313. The highest BCUT2D eigenvalue weighted by Crippen LogP contribution is 2.30. The molecular weight excluding hydrogens is 308 g/mol. The third-order valence-corrected chi connectivity index (χ3v) is 3.94. The van der Waals surface area contributed by atoms with Crippen molar-refractivity contribution in [3.63, 3.8) is 0 Å². The van der Waals surface area contributed by atoms with E-state index >= 15 is 0 Å². The fourth-order valence-corrected chi connectivity index (χ4v) is 2.72. The van der Waals surface area contributed by atoms with Crippen LogP contribution in [-0.4, -0.2) is 27.8 Å². The smallest absolute Gasteiger partial charge is 0.177 e. The number of rotatable bonds is 5. The zero-order valence-corrected chi connectivity index (χ0v) is 12.9. The lowest BCUT2D eigenvalue weighted by Gasteiger charge is -1.98. The van der Waals surface area contributed by atoms with Crippen LogP contribution in [0.15, 0.2) is 54.2 Å². The average Bonchev–Trinajstić information content (AvgIpc) is 3.10. The van der Waals surface area contributed by atoms with Gasteiger partial charge in [0, 0.05) is 30.4 Å². The molecule has 0 aromatic carbocycles. The molecule has 3 rings (SSSR count).